The van der Waals surface area contributed by atoms with E-state index in [0.29, 0.717) is 4.90 Å². The number of nitro benzene ring substituents is 1. The molecular formula is C18H14F3N3O4. The molecule has 10 heteroatoms. The number of urea groups is 1. The standard InChI is InChI=1S/C18H14F3N3O4/c1-17(12-6-8-13(9-7-12)24(27)28)15(25)23(16(26)22-17)10-11-4-2-3-5-14(11)18(19,20)21/h2-9H,10H2,1H3,(H,22,26). The molecule has 2 aromatic rings. The van der Waals surface area contributed by atoms with Crippen molar-refractivity contribution in [1.82, 2.24) is 10.2 Å². The molecule has 1 heterocycles. The number of halogens is 3. The zero-order valence-electron chi connectivity index (χ0n) is 14.5. The van der Waals surface area contributed by atoms with Crippen LogP contribution in [0.4, 0.5) is 23.7 Å². The predicted molar refractivity (Wildman–Crippen MR) is 91.0 cm³/mol. The Morgan fingerprint density at radius 1 is 1.11 bits per heavy atom. The highest BCUT2D eigenvalue weighted by molar-refractivity contribution is 6.07. The lowest BCUT2D eigenvalue weighted by molar-refractivity contribution is -0.384. The third kappa shape index (κ3) is 3.28. The van der Waals surface area contributed by atoms with Crippen LogP contribution in [-0.4, -0.2) is 21.8 Å². The first kappa shape index (κ1) is 19.3. The van der Waals surface area contributed by atoms with E-state index in [1.807, 2.05) is 0 Å². The number of rotatable bonds is 4. The Balaban J connectivity index is 1.91. The summed E-state index contributed by atoms with van der Waals surface area (Å²) < 4.78 is 39.5. The van der Waals surface area contributed by atoms with Crippen molar-refractivity contribution >= 4 is 17.6 Å². The quantitative estimate of drug-likeness (QED) is 0.488. The smallest absolute Gasteiger partial charge is 0.319 e. The lowest BCUT2D eigenvalue weighted by Crippen LogP contribution is -2.40. The van der Waals surface area contributed by atoms with Gasteiger partial charge >= 0.3 is 12.2 Å². The second-order valence-corrected chi connectivity index (χ2v) is 6.41. The zero-order valence-corrected chi connectivity index (χ0v) is 14.5. The minimum atomic E-state index is -4.63. The molecule has 0 aromatic heterocycles. The largest absolute Gasteiger partial charge is 0.416 e. The monoisotopic (exact) mass is 393 g/mol. The van der Waals surface area contributed by atoms with Crippen LogP contribution in [0.25, 0.3) is 0 Å². The number of nitro groups is 1. The van der Waals surface area contributed by atoms with E-state index >= 15 is 0 Å². The van der Waals surface area contributed by atoms with E-state index in [4.69, 9.17) is 0 Å². The molecule has 1 atom stereocenters. The molecule has 28 heavy (non-hydrogen) atoms. The van der Waals surface area contributed by atoms with Crippen molar-refractivity contribution < 1.29 is 27.7 Å². The fourth-order valence-electron chi connectivity index (χ4n) is 3.06. The number of hydrogen-bond donors (Lipinski definition) is 1. The van der Waals surface area contributed by atoms with E-state index in [2.05, 4.69) is 5.32 Å². The summed E-state index contributed by atoms with van der Waals surface area (Å²) in [4.78, 5) is 36.0. The molecule has 1 aliphatic rings. The Hall–Kier alpha value is -3.43. The third-order valence-electron chi connectivity index (χ3n) is 4.58. The van der Waals surface area contributed by atoms with E-state index in [0.717, 1.165) is 6.07 Å². The molecule has 1 unspecified atom stereocenters. The Bertz CT molecular complexity index is 959. The van der Waals surface area contributed by atoms with Crippen LogP contribution in [0.3, 0.4) is 0 Å². The maximum atomic E-state index is 13.2. The van der Waals surface area contributed by atoms with Crippen molar-refractivity contribution in [1.29, 1.82) is 0 Å². The molecule has 0 radical (unpaired) electrons. The highest BCUT2D eigenvalue weighted by Crippen LogP contribution is 2.35. The van der Waals surface area contributed by atoms with E-state index in [1.54, 1.807) is 0 Å². The number of nitrogens with zero attached hydrogens (tertiary/aromatic N) is 2. The molecule has 0 spiro atoms. The van der Waals surface area contributed by atoms with Crippen molar-refractivity contribution in [3.8, 4) is 0 Å². The average molecular weight is 393 g/mol. The Kier molecular flexibility index (Phi) is 4.58. The molecule has 1 N–H and O–H groups in total. The Morgan fingerprint density at radius 3 is 2.29 bits per heavy atom. The summed E-state index contributed by atoms with van der Waals surface area (Å²) in [5.74, 6) is -0.747. The van der Waals surface area contributed by atoms with Gasteiger partial charge in [-0.3, -0.25) is 19.8 Å². The molecule has 3 amide bonds. The van der Waals surface area contributed by atoms with Gasteiger partial charge in [0.25, 0.3) is 11.6 Å². The first-order valence-corrected chi connectivity index (χ1v) is 8.08. The van der Waals surface area contributed by atoms with Gasteiger partial charge in [0, 0.05) is 12.1 Å². The molecule has 1 aliphatic heterocycles. The summed E-state index contributed by atoms with van der Waals surface area (Å²) in [5, 5.41) is 13.2. The van der Waals surface area contributed by atoms with Gasteiger partial charge in [-0.15, -0.1) is 0 Å². The van der Waals surface area contributed by atoms with E-state index in [1.165, 1.54) is 49.4 Å². The molecule has 1 fully saturated rings. The number of carbonyl (C=O) groups excluding carboxylic acids is 2. The highest BCUT2D eigenvalue weighted by atomic mass is 19.4. The molecule has 1 saturated heterocycles. The van der Waals surface area contributed by atoms with Crippen molar-refractivity contribution in [3.05, 3.63) is 75.3 Å². The lowest BCUT2D eigenvalue weighted by atomic mass is 9.91. The topological polar surface area (TPSA) is 92.6 Å². The summed E-state index contributed by atoms with van der Waals surface area (Å²) in [6.07, 6.45) is -4.63. The van der Waals surface area contributed by atoms with Crippen molar-refractivity contribution in [3.63, 3.8) is 0 Å². The van der Waals surface area contributed by atoms with Crippen LogP contribution in [0.15, 0.2) is 48.5 Å². The van der Waals surface area contributed by atoms with E-state index in [-0.39, 0.29) is 16.8 Å². The molecular weight excluding hydrogens is 379 g/mol. The molecule has 0 bridgehead atoms. The molecule has 2 aromatic carbocycles. The SMILES string of the molecule is CC1(c2ccc([N+](=O)[O-])cc2)NC(=O)N(Cc2ccccc2C(F)(F)F)C1=O. The van der Waals surface area contributed by atoms with Crippen LogP contribution in [0.2, 0.25) is 0 Å². The van der Waals surface area contributed by atoms with Gasteiger partial charge in [-0.2, -0.15) is 13.2 Å². The number of amides is 3. The van der Waals surface area contributed by atoms with Crippen LogP contribution in [0.1, 0.15) is 23.6 Å². The van der Waals surface area contributed by atoms with Gasteiger partial charge in [0.1, 0.15) is 5.54 Å². The number of imide groups is 1. The second-order valence-electron chi connectivity index (χ2n) is 6.41. The Morgan fingerprint density at radius 2 is 1.71 bits per heavy atom. The summed E-state index contributed by atoms with van der Waals surface area (Å²) in [7, 11) is 0. The molecule has 0 saturated carbocycles. The van der Waals surface area contributed by atoms with Gasteiger partial charge in [-0.1, -0.05) is 18.2 Å². The minimum Gasteiger partial charge on any atom is -0.319 e. The van der Waals surface area contributed by atoms with Gasteiger partial charge in [-0.05, 0) is 36.2 Å². The summed E-state index contributed by atoms with van der Waals surface area (Å²) in [6, 6.07) is 8.85. The maximum Gasteiger partial charge on any atom is 0.416 e. The van der Waals surface area contributed by atoms with Crippen molar-refractivity contribution in [2.45, 2.75) is 25.2 Å². The highest BCUT2D eigenvalue weighted by Gasteiger charge is 2.49. The minimum absolute atomic E-state index is 0.194. The van der Waals surface area contributed by atoms with Gasteiger partial charge in [0.2, 0.25) is 0 Å². The number of carbonyl (C=O) groups is 2. The number of alkyl halides is 3. The summed E-state index contributed by atoms with van der Waals surface area (Å²) in [6.45, 7) is 0.840. The van der Waals surface area contributed by atoms with Crippen molar-refractivity contribution in [2.24, 2.45) is 0 Å². The van der Waals surface area contributed by atoms with Crippen LogP contribution in [-0.2, 0) is 23.1 Å². The maximum absolute atomic E-state index is 13.2. The number of non-ortho nitro benzene ring substituents is 1. The third-order valence-corrected chi connectivity index (χ3v) is 4.58. The lowest BCUT2D eigenvalue weighted by Gasteiger charge is -2.22. The summed E-state index contributed by atoms with van der Waals surface area (Å²) >= 11 is 0. The van der Waals surface area contributed by atoms with E-state index < -0.39 is 40.7 Å². The molecule has 7 nitrogen and oxygen atoms in total. The van der Waals surface area contributed by atoms with Crippen LogP contribution >= 0.6 is 0 Å². The molecule has 146 valence electrons. The average Bonchev–Trinajstić information content (AvgIpc) is 2.85. The van der Waals surface area contributed by atoms with Gasteiger partial charge in [0.05, 0.1) is 17.0 Å². The molecule has 0 aliphatic carbocycles. The van der Waals surface area contributed by atoms with Gasteiger partial charge in [-0.25, -0.2) is 4.79 Å². The molecule has 3 rings (SSSR count). The number of nitrogens with one attached hydrogen (secondary N) is 1. The van der Waals surface area contributed by atoms with Crippen LogP contribution in [0, 0.1) is 10.1 Å². The van der Waals surface area contributed by atoms with Crippen molar-refractivity contribution in [2.75, 3.05) is 0 Å². The predicted octanol–water partition coefficient (Wildman–Crippen LogP) is 3.58. The summed E-state index contributed by atoms with van der Waals surface area (Å²) in [5.41, 5.74) is -2.60. The normalized spacial score (nSPS) is 19.6. The fourth-order valence-corrected chi connectivity index (χ4v) is 3.06. The number of benzene rings is 2. The van der Waals surface area contributed by atoms with Crippen LogP contribution in [0.5, 0.6) is 0 Å². The first-order chi connectivity index (χ1) is 13.0. The number of hydrogen-bond acceptors (Lipinski definition) is 4. The second kappa shape index (κ2) is 6.63. The zero-order chi connectivity index (χ0) is 20.7. The van der Waals surface area contributed by atoms with Gasteiger partial charge in [0.15, 0.2) is 0 Å². The van der Waals surface area contributed by atoms with Crippen LogP contribution < -0.4 is 5.32 Å². The van der Waals surface area contributed by atoms with E-state index in [9.17, 15) is 32.9 Å². The first-order valence-electron chi connectivity index (χ1n) is 8.08. The Labute approximate surface area is 156 Å². The van der Waals surface area contributed by atoms with Gasteiger partial charge < -0.3 is 5.32 Å². The fraction of sp³-hybridized carbons (Fsp3) is 0.222.